The van der Waals surface area contributed by atoms with Crippen molar-refractivity contribution in [2.75, 3.05) is 26.2 Å². The Hall–Kier alpha value is -4.66. The highest BCUT2D eigenvalue weighted by atomic mass is 16.5. The molecule has 1 fully saturated rings. The minimum Gasteiger partial charge on any atom is -0.493 e. The molecule has 4 rings (SSSR count). The number of aryl methyl sites for hydroxylation is 1. The fourth-order valence-electron chi connectivity index (χ4n) is 4.34. The first-order chi connectivity index (χ1) is 18.3. The summed E-state index contributed by atoms with van der Waals surface area (Å²) in [7, 11) is 4.24. The third-order valence-electron chi connectivity index (χ3n) is 6.41. The van der Waals surface area contributed by atoms with E-state index >= 15 is 0 Å². The summed E-state index contributed by atoms with van der Waals surface area (Å²) in [5, 5.41) is 0. The standard InChI is InChI=1S/C29H28N2O7/c1-18-5-7-19(8-6-18)17-30(27(33)21-11-14-24(36-2)25(15-21)37-3)23-16-26(32)31(28(23)34)22-12-9-20(10-13-22)29(35)38-4/h5-15,23H,16-17H2,1-4H3. The minimum atomic E-state index is -1.02. The minimum absolute atomic E-state index is 0.117. The van der Waals surface area contributed by atoms with Crippen molar-refractivity contribution in [2.24, 2.45) is 0 Å². The topological polar surface area (TPSA) is 102 Å². The average molecular weight is 517 g/mol. The van der Waals surface area contributed by atoms with Gasteiger partial charge in [-0.25, -0.2) is 9.69 Å². The van der Waals surface area contributed by atoms with E-state index < -0.39 is 29.7 Å². The molecule has 0 aliphatic carbocycles. The number of nitrogens with zero attached hydrogens (tertiary/aromatic N) is 2. The van der Waals surface area contributed by atoms with Crippen molar-refractivity contribution < 1.29 is 33.4 Å². The molecule has 1 atom stereocenters. The van der Waals surface area contributed by atoms with Gasteiger partial charge in [-0.3, -0.25) is 14.4 Å². The van der Waals surface area contributed by atoms with Crippen LogP contribution < -0.4 is 14.4 Å². The Labute approximate surface area is 220 Å². The SMILES string of the molecule is COC(=O)c1ccc(N2C(=O)CC(N(Cc3ccc(C)cc3)C(=O)c3ccc(OC)c(OC)c3)C2=O)cc1. The van der Waals surface area contributed by atoms with Crippen LogP contribution in [0.4, 0.5) is 5.69 Å². The average Bonchev–Trinajstić information content (AvgIpc) is 3.24. The van der Waals surface area contributed by atoms with Crippen LogP contribution >= 0.6 is 0 Å². The normalized spacial score (nSPS) is 14.8. The van der Waals surface area contributed by atoms with Crippen LogP contribution in [0, 0.1) is 6.92 Å². The number of rotatable bonds is 8. The van der Waals surface area contributed by atoms with Crippen molar-refractivity contribution in [3.63, 3.8) is 0 Å². The smallest absolute Gasteiger partial charge is 0.337 e. The molecule has 9 nitrogen and oxygen atoms in total. The highest BCUT2D eigenvalue weighted by molar-refractivity contribution is 6.23. The summed E-state index contributed by atoms with van der Waals surface area (Å²) in [6, 6.07) is 17.3. The molecular formula is C29H28N2O7. The van der Waals surface area contributed by atoms with E-state index in [4.69, 9.17) is 14.2 Å². The maximum Gasteiger partial charge on any atom is 0.337 e. The summed E-state index contributed by atoms with van der Waals surface area (Å²) in [6.07, 6.45) is -0.178. The molecule has 1 aliphatic rings. The lowest BCUT2D eigenvalue weighted by Gasteiger charge is -2.28. The summed E-state index contributed by atoms with van der Waals surface area (Å²) in [4.78, 5) is 54.7. The van der Waals surface area contributed by atoms with E-state index in [1.807, 2.05) is 31.2 Å². The number of carbonyl (C=O) groups is 4. The molecule has 1 saturated heterocycles. The van der Waals surface area contributed by atoms with Crippen molar-refractivity contribution in [3.05, 3.63) is 89.0 Å². The van der Waals surface area contributed by atoms with Gasteiger partial charge in [0, 0.05) is 12.1 Å². The lowest BCUT2D eigenvalue weighted by atomic mass is 10.1. The van der Waals surface area contributed by atoms with E-state index in [1.54, 1.807) is 18.2 Å². The van der Waals surface area contributed by atoms with Crippen LogP contribution in [0.25, 0.3) is 0 Å². The van der Waals surface area contributed by atoms with Gasteiger partial charge in [0.05, 0.1) is 39.0 Å². The molecule has 1 aliphatic heterocycles. The van der Waals surface area contributed by atoms with Crippen LogP contribution in [0.3, 0.4) is 0 Å². The second-order valence-corrected chi connectivity index (χ2v) is 8.81. The van der Waals surface area contributed by atoms with Gasteiger partial charge in [-0.2, -0.15) is 0 Å². The molecule has 3 aromatic carbocycles. The summed E-state index contributed by atoms with van der Waals surface area (Å²) >= 11 is 0. The Morgan fingerprint density at radius 2 is 1.50 bits per heavy atom. The van der Waals surface area contributed by atoms with Crippen molar-refractivity contribution in [2.45, 2.75) is 25.9 Å². The number of benzene rings is 3. The molecule has 0 radical (unpaired) electrons. The van der Waals surface area contributed by atoms with Gasteiger partial charge >= 0.3 is 5.97 Å². The summed E-state index contributed by atoms with van der Waals surface area (Å²) in [5.74, 6) is -1.10. The first kappa shape index (κ1) is 26.4. The number of ether oxygens (including phenoxy) is 3. The number of anilines is 1. The van der Waals surface area contributed by atoms with E-state index in [9.17, 15) is 19.2 Å². The number of methoxy groups -OCH3 is 3. The first-order valence-corrected chi connectivity index (χ1v) is 11.9. The highest BCUT2D eigenvalue weighted by Crippen LogP contribution is 2.31. The molecule has 3 aromatic rings. The van der Waals surface area contributed by atoms with Gasteiger partial charge in [0.1, 0.15) is 6.04 Å². The van der Waals surface area contributed by atoms with E-state index in [0.717, 1.165) is 16.0 Å². The Kier molecular flexibility index (Phi) is 7.76. The van der Waals surface area contributed by atoms with Gasteiger partial charge in [0.15, 0.2) is 11.5 Å². The van der Waals surface area contributed by atoms with Crippen LogP contribution in [-0.4, -0.2) is 56.0 Å². The first-order valence-electron chi connectivity index (χ1n) is 11.9. The summed E-state index contributed by atoms with van der Waals surface area (Å²) in [5.41, 5.74) is 2.75. The number of amides is 3. The number of imide groups is 1. The predicted molar refractivity (Wildman–Crippen MR) is 139 cm³/mol. The fourth-order valence-corrected chi connectivity index (χ4v) is 4.34. The molecule has 0 N–H and O–H groups in total. The molecule has 3 amide bonds. The van der Waals surface area contributed by atoms with Crippen LogP contribution in [0.15, 0.2) is 66.7 Å². The van der Waals surface area contributed by atoms with Crippen LogP contribution in [0.5, 0.6) is 11.5 Å². The maximum absolute atomic E-state index is 13.8. The zero-order valence-electron chi connectivity index (χ0n) is 21.6. The van der Waals surface area contributed by atoms with Gasteiger partial charge in [-0.05, 0) is 55.0 Å². The van der Waals surface area contributed by atoms with Crippen molar-refractivity contribution in [1.29, 1.82) is 0 Å². The van der Waals surface area contributed by atoms with Gasteiger partial charge < -0.3 is 19.1 Å². The van der Waals surface area contributed by atoms with Crippen molar-refractivity contribution >= 4 is 29.4 Å². The molecule has 0 saturated carbocycles. The second-order valence-electron chi connectivity index (χ2n) is 8.81. The fraction of sp³-hybridized carbons (Fsp3) is 0.241. The number of hydrogen-bond donors (Lipinski definition) is 0. The third-order valence-corrected chi connectivity index (χ3v) is 6.41. The van der Waals surface area contributed by atoms with Gasteiger partial charge in [-0.15, -0.1) is 0 Å². The quantitative estimate of drug-likeness (QED) is 0.332. The zero-order valence-corrected chi connectivity index (χ0v) is 21.6. The lowest BCUT2D eigenvalue weighted by molar-refractivity contribution is -0.122. The predicted octanol–water partition coefficient (Wildman–Crippen LogP) is 3.77. The molecular weight excluding hydrogens is 488 g/mol. The molecule has 1 heterocycles. The largest absolute Gasteiger partial charge is 0.493 e. The Balaban J connectivity index is 1.68. The summed E-state index contributed by atoms with van der Waals surface area (Å²) < 4.78 is 15.3. The molecule has 0 spiro atoms. The monoisotopic (exact) mass is 516 g/mol. The van der Waals surface area contributed by atoms with Gasteiger partial charge in [0.2, 0.25) is 5.91 Å². The Morgan fingerprint density at radius 3 is 2.11 bits per heavy atom. The van der Waals surface area contributed by atoms with E-state index in [0.29, 0.717) is 17.2 Å². The second kappa shape index (κ2) is 11.2. The van der Waals surface area contributed by atoms with E-state index in [1.165, 1.54) is 50.5 Å². The third kappa shape index (κ3) is 5.22. The Bertz CT molecular complexity index is 1370. The van der Waals surface area contributed by atoms with Crippen LogP contribution in [-0.2, 0) is 20.9 Å². The van der Waals surface area contributed by atoms with Crippen LogP contribution in [0.2, 0.25) is 0 Å². The molecule has 1 unspecified atom stereocenters. The molecule has 196 valence electrons. The number of carbonyl (C=O) groups excluding carboxylic acids is 4. The molecule has 9 heteroatoms. The molecule has 0 aromatic heterocycles. The molecule has 38 heavy (non-hydrogen) atoms. The number of hydrogen-bond acceptors (Lipinski definition) is 7. The zero-order chi connectivity index (χ0) is 27.4. The van der Waals surface area contributed by atoms with Gasteiger partial charge in [0.25, 0.3) is 11.8 Å². The van der Waals surface area contributed by atoms with Crippen LogP contribution in [0.1, 0.15) is 38.3 Å². The highest BCUT2D eigenvalue weighted by Gasteiger charge is 2.44. The lowest BCUT2D eigenvalue weighted by Crippen LogP contribution is -2.45. The Morgan fingerprint density at radius 1 is 0.868 bits per heavy atom. The molecule has 0 bridgehead atoms. The van der Waals surface area contributed by atoms with Crippen molar-refractivity contribution in [1.82, 2.24) is 4.90 Å². The summed E-state index contributed by atoms with van der Waals surface area (Å²) in [6.45, 7) is 2.07. The maximum atomic E-state index is 13.8. The van der Waals surface area contributed by atoms with E-state index in [2.05, 4.69) is 0 Å². The van der Waals surface area contributed by atoms with Gasteiger partial charge in [-0.1, -0.05) is 29.8 Å². The van der Waals surface area contributed by atoms with Crippen molar-refractivity contribution in [3.8, 4) is 11.5 Å². The number of esters is 1. The van der Waals surface area contributed by atoms with E-state index in [-0.39, 0.29) is 24.1 Å².